The van der Waals surface area contributed by atoms with Crippen molar-refractivity contribution in [3.8, 4) is 0 Å². The molecule has 1 unspecified atom stereocenters. The van der Waals surface area contributed by atoms with E-state index in [1.165, 1.54) is 0 Å². The number of rotatable bonds is 0. The van der Waals surface area contributed by atoms with Crippen LogP contribution in [-0.4, -0.2) is 85.0 Å². The maximum Gasteiger partial charge on any atom is 3.00 e. The zero-order valence-electron chi connectivity index (χ0n) is 12.6. The second-order valence-electron chi connectivity index (χ2n) is 4.90. The molecular formula is C12H18GdN3O7. The average Bonchev–Trinajstić information content (AvgIpc) is 2.40. The van der Waals surface area contributed by atoms with E-state index in [9.17, 15) is 29.7 Å². The van der Waals surface area contributed by atoms with Crippen molar-refractivity contribution in [3.63, 3.8) is 0 Å². The first-order valence-electron chi connectivity index (χ1n) is 6.80. The van der Waals surface area contributed by atoms with E-state index in [1.54, 1.807) is 6.92 Å². The van der Waals surface area contributed by atoms with Crippen molar-refractivity contribution in [1.29, 1.82) is 0 Å². The van der Waals surface area contributed by atoms with Crippen LogP contribution in [0, 0.1) is 39.9 Å². The fraction of sp³-hybridized carbons (Fsp3) is 0.750. The van der Waals surface area contributed by atoms with Gasteiger partial charge < -0.3 is 49.1 Å². The predicted molar refractivity (Wildman–Crippen MR) is 66.3 cm³/mol. The third kappa shape index (κ3) is 7.95. The van der Waals surface area contributed by atoms with Crippen LogP contribution >= 0.6 is 0 Å². The summed E-state index contributed by atoms with van der Waals surface area (Å²) >= 11 is 0. The molecule has 0 spiro atoms. The summed E-state index contributed by atoms with van der Waals surface area (Å²) < 4.78 is 5.34. The van der Waals surface area contributed by atoms with Gasteiger partial charge in [0.15, 0.2) is 0 Å². The summed E-state index contributed by atoms with van der Waals surface area (Å²) in [6.45, 7) is 1.14. The normalized spacial score (nSPS) is 20.7. The Morgan fingerprint density at radius 2 is 1.22 bits per heavy atom. The van der Waals surface area contributed by atoms with Crippen LogP contribution in [0.2, 0.25) is 0 Å². The van der Waals surface area contributed by atoms with Crippen molar-refractivity contribution in [2.75, 3.05) is 45.9 Å². The van der Waals surface area contributed by atoms with E-state index in [4.69, 9.17) is 4.74 Å². The largest absolute Gasteiger partial charge is 3.00 e. The number of amides is 3. The molecule has 0 aromatic carbocycles. The van der Waals surface area contributed by atoms with Crippen molar-refractivity contribution < 1.29 is 74.4 Å². The molecule has 0 saturated carbocycles. The zero-order valence-corrected chi connectivity index (χ0v) is 14.8. The number of ether oxygens (including phenoxy) is 1. The van der Waals surface area contributed by atoms with Crippen molar-refractivity contribution in [3.05, 3.63) is 0 Å². The zero-order chi connectivity index (χ0) is 16.7. The SMILES string of the molecule is CC1CN(C(=O)[O-])CCN(C(=O)[O-])CCN(C(=O)[O-])CCO1.[Gd+3]. The standard InChI is InChI=1S/C12H21N3O7.Gd/c1-9-8-15(12(20)21)5-4-13(10(16)17)2-3-14(11(18)19)6-7-22-9;/h9H,2-8H2,1H3,(H,16,17)(H,18,19)(H,20,21);/q;+3/p-3. The van der Waals surface area contributed by atoms with Crippen molar-refractivity contribution >= 4 is 18.3 Å². The molecule has 0 aromatic rings. The van der Waals surface area contributed by atoms with Gasteiger partial charge in [-0.2, -0.15) is 0 Å². The average molecular weight is 474 g/mol. The third-order valence-electron chi connectivity index (χ3n) is 3.30. The number of hydrogen-bond acceptors (Lipinski definition) is 7. The van der Waals surface area contributed by atoms with E-state index in [0.717, 1.165) is 14.7 Å². The van der Waals surface area contributed by atoms with Gasteiger partial charge in [0.05, 0.1) is 12.7 Å². The van der Waals surface area contributed by atoms with E-state index in [0.29, 0.717) is 0 Å². The van der Waals surface area contributed by atoms with Gasteiger partial charge in [-0.05, 0) is 6.92 Å². The van der Waals surface area contributed by atoms with Gasteiger partial charge in [0.2, 0.25) is 0 Å². The molecule has 11 heteroatoms. The smallest absolute Gasteiger partial charge is 0.530 e. The molecule has 1 aliphatic rings. The molecule has 1 radical (unpaired) electrons. The number of carbonyl (C=O) groups is 3. The second kappa shape index (κ2) is 10.8. The van der Waals surface area contributed by atoms with Crippen LogP contribution in [0.1, 0.15) is 6.92 Å². The Hall–Kier alpha value is -0.905. The summed E-state index contributed by atoms with van der Waals surface area (Å²) in [6, 6.07) is 0. The summed E-state index contributed by atoms with van der Waals surface area (Å²) in [5, 5.41) is 33.0. The van der Waals surface area contributed by atoms with E-state index in [1.807, 2.05) is 0 Å². The van der Waals surface area contributed by atoms with E-state index < -0.39 is 24.4 Å². The molecule has 0 N–H and O–H groups in total. The summed E-state index contributed by atoms with van der Waals surface area (Å²) in [7, 11) is 0. The molecule has 1 aliphatic heterocycles. The number of hydrogen-bond donors (Lipinski definition) is 0. The fourth-order valence-corrected chi connectivity index (χ4v) is 2.06. The van der Waals surface area contributed by atoms with Crippen LogP contribution in [0.25, 0.3) is 0 Å². The molecule has 23 heavy (non-hydrogen) atoms. The molecule has 10 nitrogen and oxygen atoms in total. The topological polar surface area (TPSA) is 139 Å². The van der Waals surface area contributed by atoms with Gasteiger partial charge in [0.1, 0.15) is 18.3 Å². The van der Waals surface area contributed by atoms with Crippen LogP contribution in [0.15, 0.2) is 0 Å². The maximum atomic E-state index is 11.0. The molecule has 1 fully saturated rings. The maximum absolute atomic E-state index is 11.0. The van der Waals surface area contributed by atoms with E-state index in [-0.39, 0.29) is 85.8 Å². The van der Waals surface area contributed by atoms with Crippen LogP contribution in [0.4, 0.5) is 14.4 Å². The first-order chi connectivity index (χ1) is 10.3. The van der Waals surface area contributed by atoms with Gasteiger partial charge in [0, 0.05) is 39.3 Å². The molecule has 1 atom stereocenters. The van der Waals surface area contributed by atoms with Gasteiger partial charge in [-0.3, -0.25) is 0 Å². The first kappa shape index (κ1) is 22.1. The van der Waals surface area contributed by atoms with Gasteiger partial charge in [-0.25, -0.2) is 0 Å². The van der Waals surface area contributed by atoms with Crippen molar-refractivity contribution in [2.24, 2.45) is 0 Å². The summed E-state index contributed by atoms with van der Waals surface area (Å²) in [5.41, 5.74) is 0. The Morgan fingerprint density at radius 3 is 1.65 bits per heavy atom. The van der Waals surface area contributed by atoms with Crippen LogP contribution in [0.5, 0.6) is 0 Å². The fourth-order valence-electron chi connectivity index (χ4n) is 2.06. The molecule has 0 aliphatic carbocycles. The van der Waals surface area contributed by atoms with Gasteiger partial charge >= 0.3 is 39.9 Å². The summed E-state index contributed by atoms with van der Waals surface area (Å²) in [5.74, 6) is 0. The Balaban J connectivity index is 0.00000484. The minimum absolute atomic E-state index is 0. The molecule has 1 heterocycles. The minimum Gasteiger partial charge on any atom is -0.530 e. The number of nitrogens with zero attached hydrogens (tertiary/aromatic N) is 3. The molecule has 0 bridgehead atoms. The molecule has 1 saturated heterocycles. The monoisotopic (exact) mass is 474 g/mol. The second-order valence-corrected chi connectivity index (χ2v) is 4.90. The third-order valence-corrected chi connectivity index (χ3v) is 3.30. The first-order valence-corrected chi connectivity index (χ1v) is 6.80. The van der Waals surface area contributed by atoms with Crippen molar-refractivity contribution in [1.82, 2.24) is 14.7 Å². The molecular weight excluding hydrogens is 455 g/mol. The summed E-state index contributed by atoms with van der Waals surface area (Å²) in [4.78, 5) is 35.7. The van der Waals surface area contributed by atoms with Crippen LogP contribution < -0.4 is 15.3 Å². The van der Waals surface area contributed by atoms with E-state index in [2.05, 4.69) is 0 Å². The van der Waals surface area contributed by atoms with Crippen LogP contribution in [-0.2, 0) is 4.74 Å². The van der Waals surface area contributed by atoms with Crippen molar-refractivity contribution in [2.45, 2.75) is 13.0 Å². The van der Waals surface area contributed by atoms with E-state index >= 15 is 0 Å². The molecule has 1 rings (SSSR count). The Morgan fingerprint density at radius 1 is 0.826 bits per heavy atom. The molecule has 0 aromatic heterocycles. The number of carboxylic acid groups (broad SMARTS) is 3. The Labute approximate surface area is 165 Å². The van der Waals surface area contributed by atoms with Gasteiger partial charge in [-0.15, -0.1) is 0 Å². The Kier molecular flexibility index (Phi) is 10.4. The van der Waals surface area contributed by atoms with Gasteiger partial charge in [-0.1, -0.05) is 0 Å². The summed E-state index contributed by atoms with van der Waals surface area (Å²) in [6.07, 6.45) is -4.85. The Bertz CT molecular complexity index is 423. The van der Waals surface area contributed by atoms with Gasteiger partial charge in [0.25, 0.3) is 0 Å². The minimum atomic E-state index is -1.50. The predicted octanol–water partition coefficient (Wildman–Crippen LogP) is -3.66. The van der Waals surface area contributed by atoms with Crippen LogP contribution in [0.3, 0.4) is 0 Å². The molecule has 3 amide bonds. The number of carbonyl (C=O) groups excluding carboxylic acids is 3. The molecule has 131 valence electrons. The quantitative estimate of drug-likeness (QED) is 0.353.